The lowest BCUT2D eigenvalue weighted by atomic mass is 10.0. The molecule has 1 aromatic heterocycles. The van der Waals surface area contributed by atoms with Crippen molar-refractivity contribution in [3.8, 4) is 21.0 Å². The highest BCUT2D eigenvalue weighted by atomic mass is 32.1. The molecule has 3 aromatic rings. The van der Waals surface area contributed by atoms with E-state index in [1.54, 1.807) is 11.3 Å². The molecular weight excluding hydrogens is 306 g/mol. The van der Waals surface area contributed by atoms with Gasteiger partial charge in [-0.25, -0.2) is 4.98 Å². The number of benzene rings is 2. The van der Waals surface area contributed by atoms with Crippen LogP contribution in [-0.4, -0.2) is 11.1 Å². The zero-order chi connectivity index (χ0) is 16.7. The minimum absolute atomic E-state index is 0.250. The SMILES string of the molecule is CC(C)c1ccc(-c2ncc(-c3ccccc3)s2)cc1.O=C=O. The molecule has 0 aliphatic rings. The van der Waals surface area contributed by atoms with E-state index in [4.69, 9.17) is 9.59 Å². The van der Waals surface area contributed by atoms with E-state index >= 15 is 0 Å². The van der Waals surface area contributed by atoms with Gasteiger partial charge in [0.2, 0.25) is 0 Å². The van der Waals surface area contributed by atoms with Crippen LogP contribution in [0.3, 0.4) is 0 Å². The Kier molecular flexibility index (Phi) is 5.98. The number of thiazole rings is 1. The Bertz CT molecular complexity index is 771. The fraction of sp³-hybridized carbons (Fsp3) is 0.158. The first-order chi connectivity index (χ1) is 11.2. The van der Waals surface area contributed by atoms with Gasteiger partial charge < -0.3 is 0 Å². The molecule has 0 atom stereocenters. The summed E-state index contributed by atoms with van der Waals surface area (Å²) in [5, 5.41) is 1.08. The summed E-state index contributed by atoms with van der Waals surface area (Å²) in [5.74, 6) is 0.570. The van der Waals surface area contributed by atoms with E-state index in [1.807, 2.05) is 12.3 Å². The van der Waals surface area contributed by atoms with Crippen molar-refractivity contribution in [2.45, 2.75) is 19.8 Å². The second-order valence-electron chi connectivity index (χ2n) is 5.26. The molecule has 0 fully saturated rings. The average molecular weight is 323 g/mol. The molecule has 0 aliphatic carbocycles. The summed E-state index contributed by atoms with van der Waals surface area (Å²) in [5.41, 5.74) is 3.80. The van der Waals surface area contributed by atoms with Crippen LogP contribution in [0.25, 0.3) is 21.0 Å². The third-order valence-corrected chi connectivity index (χ3v) is 4.48. The maximum Gasteiger partial charge on any atom is 0.373 e. The van der Waals surface area contributed by atoms with E-state index in [0.29, 0.717) is 5.92 Å². The molecule has 0 unspecified atom stereocenters. The Morgan fingerprint density at radius 2 is 1.52 bits per heavy atom. The molecule has 3 rings (SSSR count). The van der Waals surface area contributed by atoms with Gasteiger partial charge in [-0.3, -0.25) is 0 Å². The quantitative estimate of drug-likeness (QED) is 0.680. The molecule has 0 N–H and O–H groups in total. The number of carbonyl (C=O) groups excluding carboxylic acids is 2. The molecule has 0 saturated carbocycles. The fourth-order valence-corrected chi connectivity index (χ4v) is 3.08. The first-order valence-corrected chi connectivity index (χ1v) is 8.08. The summed E-state index contributed by atoms with van der Waals surface area (Å²) < 4.78 is 0. The topological polar surface area (TPSA) is 47.0 Å². The molecule has 23 heavy (non-hydrogen) atoms. The van der Waals surface area contributed by atoms with Gasteiger partial charge in [-0.05, 0) is 17.0 Å². The van der Waals surface area contributed by atoms with Gasteiger partial charge in [-0.15, -0.1) is 11.3 Å². The van der Waals surface area contributed by atoms with Gasteiger partial charge in [0.1, 0.15) is 5.01 Å². The van der Waals surface area contributed by atoms with Crippen LogP contribution in [0, 0.1) is 0 Å². The lowest BCUT2D eigenvalue weighted by molar-refractivity contribution is -0.191. The highest BCUT2D eigenvalue weighted by molar-refractivity contribution is 7.18. The lowest BCUT2D eigenvalue weighted by Gasteiger charge is -2.05. The maximum absolute atomic E-state index is 8.12. The zero-order valence-corrected chi connectivity index (χ0v) is 13.8. The molecule has 1 heterocycles. The summed E-state index contributed by atoms with van der Waals surface area (Å²) in [6.45, 7) is 4.43. The molecular formula is C19H17NO2S. The molecule has 0 bridgehead atoms. The minimum atomic E-state index is 0.250. The van der Waals surface area contributed by atoms with Crippen LogP contribution in [-0.2, 0) is 9.59 Å². The fourth-order valence-electron chi connectivity index (χ4n) is 2.15. The molecule has 4 heteroatoms. The monoisotopic (exact) mass is 323 g/mol. The lowest BCUT2D eigenvalue weighted by Crippen LogP contribution is -1.86. The van der Waals surface area contributed by atoms with E-state index in [0.717, 1.165) is 5.01 Å². The Morgan fingerprint density at radius 3 is 2.09 bits per heavy atom. The maximum atomic E-state index is 8.12. The highest BCUT2D eigenvalue weighted by Gasteiger charge is 2.07. The zero-order valence-electron chi connectivity index (χ0n) is 13.0. The number of rotatable bonds is 3. The minimum Gasteiger partial charge on any atom is -0.244 e. The first kappa shape index (κ1) is 16.8. The summed E-state index contributed by atoms with van der Waals surface area (Å²) in [6.07, 6.45) is 2.21. The number of aromatic nitrogens is 1. The van der Waals surface area contributed by atoms with Gasteiger partial charge in [0.05, 0.1) is 4.88 Å². The van der Waals surface area contributed by atoms with Crippen molar-refractivity contribution >= 4 is 17.5 Å². The van der Waals surface area contributed by atoms with Crippen molar-refractivity contribution in [3.63, 3.8) is 0 Å². The normalized spacial score (nSPS) is 9.87. The highest BCUT2D eigenvalue weighted by Crippen LogP contribution is 2.32. The molecule has 0 amide bonds. The standard InChI is InChI=1S/C18H17NS.CO2/c1-13(2)14-8-10-16(11-9-14)18-19-12-17(20-18)15-6-4-3-5-7-15;2-1-3/h3-13H,1-2H3;. The van der Waals surface area contributed by atoms with Crippen LogP contribution >= 0.6 is 11.3 Å². The molecule has 116 valence electrons. The predicted octanol–water partition coefficient (Wildman–Crippen LogP) is 5.02. The third kappa shape index (κ3) is 4.46. The van der Waals surface area contributed by atoms with E-state index in [1.165, 1.54) is 21.6 Å². The van der Waals surface area contributed by atoms with Gasteiger partial charge in [-0.2, -0.15) is 9.59 Å². The number of nitrogens with zero attached hydrogens (tertiary/aromatic N) is 1. The Morgan fingerprint density at radius 1 is 0.913 bits per heavy atom. The molecule has 0 saturated heterocycles. The van der Waals surface area contributed by atoms with E-state index < -0.39 is 0 Å². The molecule has 0 spiro atoms. The second-order valence-corrected chi connectivity index (χ2v) is 6.29. The summed E-state index contributed by atoms with van der Waals surface area (Å²) in [7, 11) is 0. The number of hydrogen-bond donors (Lipinski definition) is 0. The van der Waals surface area contributed by atoms with Crippen molar-refractivity contribution < 1.29 is 9.59 Å². The van der Waals surface area contributed by atoms with E-state index in [2.05, 4.69) is 67.4 Å². The van der Waals surface area contributed by atoms with E-state index in [-0.39, 0.29) is 6.15 Å². The molecule has 3 nitrogen and oxygen atoms in total. The Hall–Kier alpha value is -2.55. The van der Waals surface area contributed by atoms with Crippen LogP contribution in [0.1, 0.15) is 25.3 Å². The summed E-state index contributed by atoms with van der Waals surface area (Å²) in [6, 6.07) is 19.1. The van der Waals surface area contributed by atoms with Crippen molar-refractivity contribution in [2.24, 2.45) is 0 Å². The number of hydrogen-bond acceptors (Lipinski definition) is 4. The first-order valence-electron chi connectivity index (χ1n) is 7.26. The van der Waals surface area contributed by atoms with E-state index in [9.17, 15) is 0 Å². The van der Waals surface area contributed by atoms with Gasteiger partial charge in [-0.1, -0.05) is 68.4 Å². The van der Waals surface area contributed by atoms with Crippen LogP contribution in [0.2, 0.25) is 0 Å². The third-order valence-electron chi connectivity index (χ3n) is 3.39. The van der Waals surface area contributed by atoms with Gasteiger partial charge in [0, 0.05) is 11.8 Å². The van der Waals surface area contributed by atoms with Crippen molar-refractivity contribution in [1.29, 1.82) is 0 Å². The molecule has 0 aliphatic heterocycles. The Balaban J connectivity index is 0.000000595. The second kappa shape index (κ2) is 8.18. The van der Waals surface area contributed by atoms with Crippen LogP contribution < -0.4 is 0 Å². The average Bonchev–Trinajstić information content (AvgIpc) is 3.06. The smallest absolute Gasteiger partial charge is 0.244 e. The van der Waals surface area contributed by atoms with Crippen LogP contribution in [0.4, 0.5) is 0 Å². The van der Waals surface area contributed by atoms with Crippen molar-refractivity contribution in [3.05, 3.63) is 66.4 Å². The summed E-state index contributed by atoms with van der Waals surface area (Å²) >= 11 is 1.74. The molecule has 0 radical (unpaired) electrons. The predicted molar refractivity (Wildman–Crippen MR) is 92.1 cm³/mol. The van der Waals surface area contributed by atoms with Crippen molar-refractivity contribution in [2.75, 3.05) is 0 Å². The largest absolute Gasteiger partial charge is 0.373 e. The van der Waals surface area contributed by atoms with Crippen molar-refractivity contribution in [1.82, 2.24) is 4.98 Å². The van der Waals surface area contributed by atoms with Crippen LogP contribution in [0.5, 0.6) is 0 Å². The Labute approximate surface area is 139 Å². The summed E-state index contributed by atoms with van der Waals surface area (Å²) in [4.78, 5) is 22.0. The van der Waals surface area contributed by atoms with Gasteiger partial charge in [0.25, 0.3) is 0 Å². The molecule has 2 aromatic carbocycles. The van der Waals surface area contributed by atoms with Gasteiger partial charge in [0.15, 0.2) is 0 Å². The van der Waals surface area contributed by atoms with Crippen LogP contribution in [0.15, 0.2) is 60.8 Å². The van der Waals surface area contributed by atoms with Gasteiger partial charge >= 0.3 is 6.15 Å².